The summed E-state index contributed by atoms with van der Waals surface area (Å²) in [6, 6.07) is 11.2. The average Bonchev–Trinajstić information content (AvgIpc) is 3.10. The molecule has 25 heavy (non-hydrogen) atoms. The minimum atomic E-state index is -0.204. The van der Waals surface area contributed by atoms with Crippen LogP contribution in [0.2, 0.25) is 10.0 Å². The van der Waals surface area contributed by atoms with Crippen LogP contribution >= 0.6 is 23.2 Å². The first-order valence-corrected chi connectivity index (χ1v) is 8.32. The maximum Gasteiger partial charge on any atom is 0.255 e. The number of pyridine rings is 1. The van der Waals surface area contributed by atoms with E-state index < -0.39 is 0 Å². The monoisotopic (exact) mass is 375 g/mol. The largest absolute Gasteiger partial charge is 0.367 e. The Kier molecular flexibility index (Phi) is 5.53. The van der Waals surface area contributed by atoms with Gasteiger partial charge in [0.1, 0.15) is 5.82 Å². The van der Waals surface area contributed by atoms with E-state index in [-0.39, 0.29) is 5.91 Å². The number of H-pyrrole nitrogens is 1. The predicted molar refractivity (Wildman–Crippen MR) is 99.1 cm³/mol. The van der Waals surface area contributed by atoms with Gasteiger partial charge < -0.3 is 10.6 Å². The first-order valence-electron chi connectivity index (χ1n) is 7.57. The highest BCUT2D eigenvalue weighted by Gasteiger charge is 2.14. The number of anilines is 1. The third kappa shape index (κ3) is 4.29. The first-order chi connectivity index (χ1) is 12.1. The van der Waals surface area contributed by atoms with Gasteiger partial charge in [-0.05, 0) is 6.07 Å². The van der Waals surface area contributed by atoms with Crippen LogP contribution in [-0.4, -0.2) is 34.2 Å². The van der Waals surface area contributed by atoms with Gasteiger partial charge in [0.25, 0.3) is 5.91 Å². The Bertz CT molecular complexity index is 866. The fraction of sp³-hybridized carbons (Fsp3) is 0.118. The minimum Gasteiger partial charge on any atom is -0.367 e. The van der Waals surface area contributed by atoms with Crippen LogP contribution in [0.5, 0.6) is 0 Å². The van der Waals surface area contributed by atoms with Crippen LogP contribution in [0.1, 0.15) is 10.4 Å². The highest BCUT2D eigenvalue weighted by atomic mass is 35.5. The Labute approximate surface area is 154 Å². The van der Waals surface area contributed by atoms with Crippen molar-refractivity contribution in [2.75, 3.05) is 18.4 Å². The highest BCUT2D eigenvalue weighted by molar-refractivity contribution is 6.35. The van der Waals surface area contributed by atoms with Gasteiger partial charge in [0.2, 0.25) is 0 Å². The van der Waals surface area contributed by atoms with Gasteiger partial charge in [0.15, 0.2) is 0 Å². The summed E-state index contributed by atoms with van der Waals surface area (Å²) in [6.07, 6.45) is 3.02. The maximum atomic E-state index is 12.4. The summed E-state index contributed by atoms with van der Waals surface area (Å²) in [7, 11) is 0. The zero-order valence-corrected chi connectivity index (χ0v) is 14.6. The van der Waals surface area contributed by atoms with Gasteiger partial charge in [-0.1, -0.05) is 53.5 Å². The molecule has 0 fully saturated rings. The molecule has 8 heteroatoms. The standard InChI is InChI=1S/C17H15Cl2N5O/c18-12-8-14(19)16(22-9-12)20-6-7-21-17(25)13-10-23-24-15(13)11-4-2-1-3-5-11/h1-5,8-10H,6-7H2,(H,20,22)(H,21,25)(H,23,24). The van der Waals surface area contributed by atoms with Crippen LogP contribution in [-0.2, 0) is 0 Å². The number of carbonyl (C=O) groups excluding carboxylic acids is 1. The third-order valence-electron chi connectivity index (χ3n) is 3.46. The van der Waals surface area contributed by atoms with Gasteiger partial charge in [-0.2, -0.15) is 5.10 Å². The molecule has 128 valence electrons. The summed E-state index contributed by atoms with van der Waals surface area (Å²) in [6.45, 7) is 0.873. The molecule has 0 unspecified atom stereocenters. The second-order valence-corrected chi connectivity index (χ2v) is 6.03. The zero-order chi connectivity index (χ0) is 17.6. The SMILES string of the molecule is O=C(NCCNc1ncc(Cl)cc1Cl)c1cn[nH]c1-c1ccccc1. The number of carbonyl (C=O) groups is 1. The fourth-order valence-electron chi connectivity index (χ4n) is 2.28. The molecule has 0 spiro atoms. The van der Waals surface area contributed by atoms with Crippen molar-refractivity contribution < 1.29 is 4.79 Å². The van der Waals surface area contributed by atoms with Crippen molar-refractivity contribution in [3.8, 4) is 11.3 Å². The zero-order valence-electron chi connectivity index (χ0n) is 13.1. The molecule has 3 rings (SSSR count). The second-order valence-electron chi connectivity index (χ2n) is 5.19. The fourth-order valence-corrected chi connectivity index (χ4v) is 2.73. The third-order valence-corrected chi connectivity index (χ3v) is 3.95. The number of nitrogens with one attached hydrogen (secondary N) is 3. The molecule has 0 aliphatic carbocycles. The number of hydrogen-bond donors (Lipinski definition) is 3. The van der Waals surface area contributed by atoms with Gasteiger partial charge in [-0.3, -0.25) is 9.89 Å². The normalized spacial score (nSPS) is 10.5. The topological polar surface area (TPSA) is 82.7 Å². The molecule has 6 nitrogen and oxygen atoms in total. The van der Waals surface area contributed by atoms with E-state index in [0.717, 1.165) is 5.56 Å². The Hall–Kier alpha value is -2.57. The van der Waals surface area contributed by atoms with Gasteiger partial charge in [0.05, 0.1) is 27.5 Å². The van der Waals surface area contributed by atoms with Gasteiger partial charge >= 0.3 is 0 Å². The van der Waals surface area contributed by atoms with Crippen molar-refractivity contribution in [2.45, 2.75) is 0 Å². The maximum absolute atomic E-state index is 12.4. The number of aromatic amines is 1. The number of hydrogen-bond acceptors (Lipinski definition) is 4. The van der Waals surface area contributed by atoms with E-state index in [1.165, 1.54) is 12.4 Å². The smallest absolute Gasteiger partial charge is 0.255 e. The number of halogens is 2. The van der Waals surface area contributed by atoms with Crippen LogP contribution in [0.4, 0.5) is 5.82 Å². The average molecular weight is 376 g/mol. The van der Waals surface area contributed by atoms with Crippen LogP contribution in [0, 0.1) is 0 Å². The van der Waals surface area contributed by atoms with E-state index >= 15 is 0 Å². The van der Waals surface area contributed by atoms with E-state index in [9.17, 15) is 4.79 Å². The van der Waals surface area contributed by atoms with Crippen molar-refractivity contribution in [1.29, 1.82) is 0 Å². The molecule has 0 aliphatic heterocycles. The van der Waals surface area contributed by atoms with E-state index in [4.69, 9.17) is 23.2 Å². The summed E-state index contributed by atoms with van der Waals surface area (Å²) >= 11 is 11.8. The van der Waals surface area contributed by atoms with Crippen LogP contribution < -0.4 is 10.6 Å². The number of rotatable bonds is 6. The molecule has 2 aromatic heterocycles. The van der Waals surface area contributed by atoms with E-state index in [1.54, 1.807) is 6.07 Å². The molecular weight excluding hydrogens is 361 g/mol. The predicted octanol–water partition coefficient (Wildman–Crippen LogP) is 3.62. The Morgan fingerprint density at radius 2 is 1.92 bits per heavy atom. The summed E-state index contributed by atoms with van der Waals surface area (Å²) in [5, 5.41) is 13.6. The molecule has 3 aromatic rings. The van der Waals surface area contributed by atoms with Gasteiger partial charge in [-0.25, -0.2) is 4.98 Å². The lowest BCUT2D eigenvalue weighted by Crippen LogP contribution is -2.29. The molecule has 1 amide bonds. The van der Waals surface area contributed by atoms with Crippen molar-refractivity contribution in [3.63, 3.8) is 0 Å². The lowest BCUT2D eigenvalue weighted by atomic mass is 10.1. The molecule has 3 N–H and O–H groups in total. The van der Waals surface area contributed by atoms with Crippen molar-refractivity contribution in [1.82, 2.24) is 20.5 Å². The molecule has 0 saturated heterocycles. The van der Waals surface area contributed by atoms with Crippen molar-refractivity contribution in [3.05, 3.63) is 64.4 Å². The molecule has 2 heterocycles. The molecule has 0 aliphatic rings. The lowest BCUT2D eigenvalue weighted by Gasteiger charge is -2.09. The van der Waals surface area contributed by atoms with E-state index in [0.29, 0.717) is 40.2 Å². The quantitative estimate of drug-likeness (QED) is 0.574. The Morgan fingerprint density at radius 1 is 1.12 bits per heavy atom. The van der Waals surface area contributed by atoms with E-state index in [1.807, 2.05) is 30.3 Å². The molecule has 0 radical (unpaired) electrons. The number of aromatic nitrogens is 3. The summed E-state index contributed by atoms with van der Waals surface area (Å²) < 4.78 is 0. The molecule has 0 saturated carbocycles. The van der Waals surface area contributed by atoms with Gasteiger partial charge in [0, 0.05) is 24.8 Å². The number of benzene rings is 1. The summed E-state index contributed by atoms with van der Waals surface area (Å²) in [5.41, 5.74) is 2.09. The molecule has 0 bridgehead atoms. The van der Waals surface area contributed by atoms with Crippen molar-refractivity contribution >= 4 is 34.9 Å². The summed E-state index contributed by atoms with van der Waals surface area (Å²) in [4.78, 5) is 16.5. The molecular formula is C17H15Cl2N5O. The Morgan fingerprint density at radius 3 is 2.68 bits per heavy atom. The van der Waals surface area contributed by atoms with Crippen LogP contribution in [0.15, 0.2) is 48.8 Å². The summed E-state index contributed by atoms with van der Waals surface area (Å²) in [5.74, 6) is 0.318. The Balaban J connectivity index is 1.56. The van der Waals surface area contributed by atoms with E-state index in [2.05, 4.69) is 25.8 Å². The first kappa shape index (κ1) is 17.3. The lowest BCUT2D eigenvalue weighted by molar-refractivity contribution is 0.0956. The molecule has 0 atom stereocenters. The highest BCUT2D eigenvalue weighted by Crippen LogP contribution is 2.22. The number of amides is 1. The van der Waals surface area contributed by atoms with Crippen molar-refractivity contribution in [2.24, 2.45) is 0 Å². The second kappa shape index (κ2) is 8.00. The number of nitrogens with zero attached hydrogens (tertiary/aromatic N) is 2. The minimum absolute atomic E-state index is 0.204. The van der Waals surface area contributed by atoms with Crippen LogP contribution in [0.25, 0.3) is 11.3 Å². The van der Waals surface area contributed by atoms with Gasteiger partial charge in [-0.15, -0.1) is 0 Å². The van der Waals surface area contributed by atoms with Crippen LogP contribution in [0.3, 0.4) is 0 Å². The molecule has 1 aromatic carbocycles.